The Labute approximate surface area is 145 Å². The molecule has 0 heterocycles. The molecule has 3 heteroatoms. The molecule has 0 fully saturated rings. The molecule has 0 aromatic carbocycles. The molecule has 0 saturated heterocycles. The van der Waals surface area contributed by atoms with E-state index in [2.05, 4.69) is 46.1 Å². The Bertz CT molecular complexity index is 177. The Morgan fingerprint density at radius 3 is 1.53 bits per heavy atom. The normalized spacial score (nSPS) is 8.53. The van der Waals surface area contributed by atoms with E-state index in [0.717, 1.165) is 6.42 Å². The van der Waals surface area contributed by atoms with Crippen molar-refractivity contribution in [1.82, 2.24) is 0 Å². The quantitative estimate of drug-likeness (QED) is 0.515. The first-order valence-electron chi connectivity index (χ1n) is 6.92. The van der Waals surface area contributed by atoms with Gasteiger partial charge in [-0.25, -0.2) is 0 Å². The van der Waals surface area contributed by atoms with Gasteiger partial charge in [-0.15, -0.1) is 5.92 Å². The predicted octanol–water partition coefficient (Wildman–Crippen LogP) is 0.941. The van der Waals surface area contributed by atoms with E-state index in [1.807, 2.05) is 6.92 Å². The van der Waals surface area contributed by atoms with Crippen LogP contribution in [-0.4, -0.2) is 30.0 Å². The van der Waals surface area contributed by atoms with Crippen molar-refractivity contribution >= 4 is 23.9 Å². The molecule has 0 amide bonds. The van der Waals surface area contributed by atoms with Crippen LogP contribution in [0.3, 0.4) is 0 Å². The van der Waals surface area contributed by atoms with Crippen molar-refractivity contribution in [1.29, 1.82) is 0 Å². The van der Waals surface area contributed by atoms with Crippen LogP contribution >= 0.6 is 0 Å². The van der Waals surface area contributed by atoms with Gasteiger partial charge in [0.1, 0.15) is 0 Å². The van der Waals surface area contributed by atoms with Gasteiger partial charge in [-0.3, -0.25) is 0 Å². The van der Waals surface area contributed by atoms with Gasteiger partial charge in [0.15, 0.2) is 0 Å². The van der Waals surface area contributed by atoms with E-state index in [9.17, 15) is 5.11 Å². The van der Waals surface area contributed by atoms with Crippen molar-refractivity contribution in [2.75, 3.05) is 0 Å². The zero-order valence-electron chi connectivity index (χ0n) is 13.4. The number of rotatable bonds is 4. The molecule has 0 saturated carbocycles. The Hall–Kier alpha value is 0.349. The first-order valence-corrected chi connectivity index (χ1v) is 6.92. The van der Waals surface area contributed by atoms with Crippen LogP contribution in [-0.2, 0) is 0 Å². The van der Waals surface area contributed by atoms with Crippen LogP contribution < -0.4 is 17.5 Å². The fraction of sp³-hybridized carbons (Fsp3) is 0.750. The summed E-state index contributed by atoms with van der Waals surface area (Å²) in [6.45, 7) is 14.1. The first kappa shape index (κ1) is 31.6. The third-order valence-corrected chi connectivity index (χ3v) is 1.90. The summed E-state index contributed by atoms with van der Waals surface area (Å²) in [5, 5.41) is 10.7. The van der Waals surface area contributed by atoms with E-state index in [0.29, 0.717) is 6.42 Å². The summed E-state index contributed by atoms with van der Waals surface area (Å²) in [7, 11) is 0. The second kappa shape index (κ2) is 36.2. The Balaban J connectivity index is -0.0000000560. The van der Waals surface area contributed by atoms with Gasteiger partial charge in [0, 0.05) is 0 Å². The number of hydrogen-bond acceptors (Lipinski definition) is 1. The molecule has 1 nitrogen and oxygen atoms in total. The summed E-state index contributed by atoms with van der Waals surface area (Å²) in [4.78, 5) is 0. The van der Waals surface area contributed by atoms with Crippen molar-refractivity contribution in [2.45, 2.75) is 79.2 Å². The molecular weight excluding hydrogens is 362 g/mol. The van der Waals surface area contributed by atoms with Crippen molar-refractivity contribution in [3.05, 3.63) is 12.7 Å². The minimum absolute atomic E-state index is 0. The van der Waals surface area contributed by atoms with Gasteiger partial charge in [-0.1, -0.05) is 91.7 Å². The maximum atomic E-state index is 10.7. The minimum Gasteiger partial charge on any atom is -1.00 e. The maximum Gasteiger partial charge on any atom is 2.00 e. The van der Waals surface area contributed by atoms with E-state index in [4.69, 9.17) is 0 Å². The van der Waals surface area contributed by atoms with E-state index in [-0.39, 0.29) is 36.3 Å². The van der Waals surface area contributed by atoms with Crippen molar-refractivity contribution in [3.8, 4) is 11.8 Å². The average Bonchev–Trinajstić information content (AvgIpc) is 2.37. The van der Waals surface area contributed by atoms with Crippen molar-refractivity contribution in [3.63, 3.8) is 0 Å². The number of unbranched alkanes of at least 4 members (excludes halogenated alkanes) is 2. The van der Waals surface area contributed by atoms with E-state index in [1.54, 1.807) is 0 Å². The summed E-state index contributed by atoms with van der Waals surface area (Å²) in [6, 6.07) is 0. The fourth-order valence-corrected chi connectivity index (χ4v) is 0.486. The second-order valence-corrected chi connectivity index (χ2v) is 3.77. The molecule has 1 atom stereocenters. The summed E-state index contributed by atoms with van der Waals surface area (Å²) in [5.41, 5.74) is 0. The van der Waals surface area contributed by atoms with Gasteiger partial charge in [0.05, 0.1) is 0 Å². The van der Waals surface area contributed by atoms with Gasteiger partial charge in [0.25, 0.3) is 0 Å². The number of halogens is 1. The third-order valence-electron chi connectivity index (χ3n) is 1.90. The van der Waals surface area contributed by atoms with Crippen LogP contribution in [0.5, 0.6) is 0 Å². The Kier molecular flexibility index (Phi) is 60.3. The zero-order valence-corrected chi connectivity index (χ0v) is 17.0. The molecule has 0 N–H and O–H groups in total. The molecule has 0 aromatic rings. The molecule has 0 aromatic heterocycles. The van der Waals surface area contributed by atoms with Crippen molar-refractivity contribution in [2.24, 2.45) is 0 Å². The second-order valence-electron chi connectivity index (χ2n) is 3.77. The van der Waals surface area contributed by atoms with Crippen LogP contribution in [0.15, 0.2) is 12.7 Å². The molecular formula is C16H31ClOSn. The molecule has 19 heavy (non-hydrogen) atoms. The summed E-state index contributed by atoms with van der Waals surface area (Å²) in [5.74, 6) is 5.04. The molecule has 1 unspecified atom stereocenters. The Morgan fingerprint density at radius 2 is 1.32 bits per heavy atom. The standard InChI is InChI=1S/C8H11O.2C4H10.ClH.Sn/c1-3-5-7-8(9)6-4-2;2*1-3-4-2;;/h3,8H,1,4,6H2,2H3;2*3-4H2,1-2H3;1H;/q-1;;;;+2/p-1. The molecule has 112 valence electrons. The first-order chi connectivity index (χ1) is 8.14. The minimum atomic E-state index is -0.715. The molecule has 2 radical (unpaired) electrons. The van der Waals surface area contributed by atoms with E-state index >= 15 is 0 Å². The van der Waals surface area contributed by atoms with Crippen LogP contribution in [0.25, 0.3) is 0 Å². The van der Waals surface area contributed by atoms with Gasteiger partial charge >= 0.3 is 23.9 Å². The van der Waals surface area contributed by atoms with Crippen LogP contribution in [0, 0.1) is 11.8 Å². The summed E-state index contributed by atoms with van der Waals surface area (Å²) < 4.78 is 0. The molecule has 0 aliphatic rings. The van der Waals surface area contributed by atoms with Gasteiger partial charge < -0.3 is 17.5 Å². The van der Waals surface area contributed by atoms with E-state index in [1.165, 1.54) is 31.8 Å². The van der Waals surface area contributed by atoms with E-state index < -0.39 is 6.10 Å². The maximum absolute atomic E-state index is 10.7. The average molecular weight is 394 g/mol. The van der Waals surface area contributed by atoms with Crippen molar-refractivity contribution < 1.29 is 17.5 Å². The SMILES string of the molecule is C=CC#CC([O-])CCC.CCCC.CCCC.[Cl-].[Sn+2]. The number of hydrogen-bond donors (Lipinski definition) is 0. The number of allylic oxidation sites excluding steroid dienone is 1. The largest absolute Gasteiger partial charge is 2.00 e. The monoisotopic (exact) mass is 394 g/mol. The topological polar surface area (TPSA) is 23.1 Å². The summed E-state index contributed by atoms with van der Waals surface area (Å²) >= 11 is 0. The fourth-order valence-electron chi connectivity index (χ4n) is 0.486. The molecule has 0 rings (SSSR count). The van der Waals surface area contributed by atoms with Gasteiger partial charge in [-0.05, 0) is 6.08 Å². The predicted molar refractivity (Wildman–Crippen MR) is 83.6 cm³/mol. The molecule has 0 aliphatic heterocycles. The summed E-state index contributed by atoms with van der Waals surface area (Å²) in [6.07, 6.45) is 7.55. The molecule has 0 spiro atoms. The van der Waals surface area contributed by atoms with Crippen LogP contribution in [0.4, 0.5) is 0 Å². The van der Waals surface area contributed by atoms with Gasteiger partial charge in [0.2, 0.25) is 0 Å². The molecule has 0 bridgehead atoms. The van der Waals surface area contributed by atoms with Crippen LogP contribution in [0.2, 0.25) is 0 Å². The smallest absolute Gasteiger partial charge is 1.00 e. The zero-order chi connectivity index (χ0) is 13.9. The third kappa shape index (κ3) is 56.1. The van der Waals surface area contributed by atoms with Crippen LogP contribution in [0.1, 0.15) is 73.1 Å². The Morgan fingerprint density at radius 1 is 0.947 bits per heavy atom. The van der Waals surface area contributed by atoms with Gasteiger partial charge in [-0.2, -0.15) is 0 Å². The molecule has 0 aliphatic carbocycles.